The monoisotopic (exact) mass is 546 g/mol. The molecule has 1 fully saturated rings. The van der Waals surface area contributed by atoms with Crippen LogP contribution in [-0.4, -0.2) is 76.9 Å². The van der Waals surface area contributed by atoms with E-state index in [0.717, 1.165) is 66.0 Å². The molecule has 0 unspecified atom stereocenters. The fraction of sp³-hybridized carbons (Fsp3) is 0.296. The molecule has 3 aromatic heterocycles. The van der Waals surface area contributed by atoms with Crippen LogP contribution in [-0.2, 0) is 16.2 Å². The molecule has 0 radical (unpaired) electrons. The van der Waals surface area contributed by atoms with Crippen LogP contribution in [0.25, 0.3) is 10.3 Å². The number of rotatable bonds is 8. The fourth-order valence-electron chi connectivity index (χ4n) is 4.42. The summed E-state index contributed by atoms with van der Waals surface area (Å²) in [5.41, 5.74) is 5.57. The van der Waals surface area contributed by atoms with Gasteiger partial charge in [-0.3, -0.25) is 19.3 Å². The average Bonchev–Trinajstić information content (AvgIpc) is 3.35. The normalized spacial score (nSPS) is 13.9. The third-order valence-electron chi connectivity index (χ3n) is 6.56. The first-order chi connectivity index (χ1) is 18.9. The molecule has 202 valence electrons. The van der Waals surface area contributed by atoms with Gasteiger partial charge in [0, 0.05) is 64.1 Å². The highest BCUT2D eigenvalue weighted by molar-refractivity contribution is 7.21. The number of thiazole rings is 1. The Kier molecular flexibility index (Phi) is 7.96. The van der Waals surface area contributed by atoms with Crippen molar-refractivity contribution in [3.05, 3.63) is 65.9 Å². The molecule has 11 nitrogen and oxygen atoms in total. The van der Waals surface area contributed by atoms with Crippen LogP contribution in [0.1, 0.15) is 22.8 Å². The van der Waals surface area contributed by atoms with E-state index in [0.29, 0.717) is 10.7 Å². The summed E-state index contributed by atoms with van der Waals surface area (Å²) in [4.78, 5) is 49.3. The Morgan fingerprint density at radius 1 is 1.08 bits per heavy atom. The molecule has 1 aliphatic heterocycles. The summed E-state index contributed by atoms with van der Waals surface area (Å²) in [6, 6.07) is 15.1. The number of aromatic nitrogens is 3. The summed E-state index contributed by atoms with van der Waals surface area (Å²) >= 11 is 1.45. The fourth-order valence-corrected chi connectivity index (χ4v) is 5.26. The van der Waals surface area contributed by atoms with Crippen molar-refractivity contribution in [2.45, 2.75) is 13.5 Å². The molecule has 2 amide bonds. The summed E-state index contributed by atoms with van der Waals surface area (Å²) < 4.78 is 0. The van der Waals surface area contributed by atoms with Crippen molar-refractivity contribution in [3.63, 3.8) is 0 Å². The van der Waals surface area contributed by atoms with Gasteiger partial charge in [0.2, 0.25) is 5.91 Å². The van der Waals surface area contributed by atoms with Gasteiger partial charge in [-0.1, -0.05) is 17.4 Å². The van der Waals surface area contributed by atoms with E-state index in [1.54, 1.807) is 25.3 Å². The number of fused-ring (bicyclic) bond motifs is 1. The second-order valence-corrected chi connectivity index (χ2v) is 10.2. The van der Waals surface area contributed by atoms with Crippen LogP contribution in [0.4, 0.5) is 22.5 Å². The summed E-state index contributed by atoms with van der Waals surface area (Å²) in [5.74, 6) is 1.27. The first-order valence-corrected chi connectivity index (χ1v) is 13.4. The minimum atomic E-state index is -0.317. The molecule has 1 saturated heterocycles. The number of hydrogen-bond donors (Lipinski definition) is 2. The molecular formula is C27H30N8O3S. The number of hydrogen-bond acceptors (Lipinski definition) is 10. The summed E-state index contributed by atoms with van der Waals surface area (Å²) in [6.45, 7) is 5.66. The number of amides is 2. The molecule has 0 aliphatic carbocycles. The van der Waals surface area contributed by atoms with Crippen LogP contribution >= 0.6 is 11.3 Å². The lowest BCUT2D eigenvalue weighted by Gasteiger charge is -2.34. The maximum absolute atomic E-state index is 12.1. The molecule has 0 spiro atoms. The predicted molar refractivity (Wildman–Crippen MR) is 151 cm³/mol. The van der Waals surface area contributed by atoms with E-state index in [2.05, 4.69) is 25.7 Å². The Balaban J connectivity index is 1.27. The third-order valence-corrected chi connectivity index (χ3v) is 7.44. The van der Waals surface area contributed by atoms with Crippen LogP contribution in [0.3, 0.4) is 0 Å². The zero-order valence-corrected chi connectivity index (χ0v) is 22.9. The second-order valence-electron chi connectivity index (χ2n) is 9.21. The summed E-state index contributed by atoms with van der Waals surface area (Å²) in [7, 11) is 3.30. The van der Waals surface area contributed by atoms with E-state index < -0.39 is 0 Å². The lowest BCUT2D eigenvalue weighted by molar-refractivity contribution is -0.130. The first kappa shape index (κ1) is 26.5. The number of piperazine rings is 1. The maximum atomic E-state index is 12.1. The van der Waals surface area contributed by atoms with Crippen molar-refractivity contribution in [2.75, 3.05) is 50.6 Å². The van der Waals surface area contributed by atoms with E-state index in [4.69, 9.17) is 9.82 Å². The Morgan fingerprint density at radius 2 is 1.90 bits per heavy atom. The Bertz CT molecular complexity index is 1480. The van der Waals surface area contributed by atoms with E-state index in [1.165, 1.54) is 18.4 Å². The van der Waals surface area contributed by atoms with Gasteiger partial charge in [-0.2, -0.15) is 0 Å². The molecular weight excluding hydrogens is 516 g/mol. The van der Waals surface area contributed by atoms with Crippen LogP contribution in [0, 0.1) is 0 Å². The molecule has 1 aliphatic rings. The van der Waals surface area contributed by atoms with E-state index in [9.17, 15) is 9.59 Å². The van der Waals surface area contributed by atoms with Crippen molar-refractivity contribution in [2.24, 2.45) is 0 Å². The van der Waals surface area contributed by atoms with Gasteiger partial charge in [0.1, 0.15) is 22.0 Å². The van der Waals surface area contributed by atoms with Crippen molar-refractivity contribution in [1.82, 2.24) is 30.2 Å². The summed E-state index contributed by atoms with van der Waals surface area (Å²) in [5, 5.41) is 4.02. The van der Waals surface area contributed by atoms with Crippen molar-refractivity contribution in [1.29, 1.82) is 0 Å². The second kappa shape index (κ2) is 11.7. The van der Waals surface area contributed by atoms with Crippen LogP contribution in [0.2, 0.25) is 0 Å². The third kappa shape index (κ3) is 6.30. The number of pyridine rings is 2. The van der Waals surface area contributed by atoms with Gasteiger partial charge in [-0.25, -0.2) is 20.4 Å². The number of carbonyl (C=O) groups is 2. The van der Waals surface area contributed by atoms with Crippen molar-refractivity contribution >= 4 is 56.0 Å². The first-order valence-electron chi connectivity index (χ1n) is 12.5. The number of nitrogens with one attached hydrogen (secondary N) is 2. The largest absolute Gasteiger partial charge is 0.340 e. The number of anilines is 4. The smallest absolute Gasteiger partial charge is 0.274 e. The van der Waals surface area contributed by atoms with E-state index in [1.807, 2.05) is 53.2 Å². The highest BCUT2D eigenvalue weighted by Gasteiger charge is 2.19. The Morgan fingerprint density at radius 3 is 2.67 bits per heavy atom. The minimum Gasteiger partial charge on any atom is -0.340 e. The van der Waals surface area contributed by atoms with Gasteiger partial charge in [0.05, 0.1) is 7.11 Å². The van der Waals surface area contributed by atoms with Gasteiger partial charge >= 0.3 is 0 Å². The molecule has 5 rings (SSSR count). The van der Waals surface area contributed by atoms with Crippen LogP contribution in [0.15, 0.2) is 54.7 Å². The topological polar surface area (TPSA) is 116 Å². The molecule has 0 atom stereocenters. The zero-order chi connectivity index (χ0) is 27.4. The minimum absolute atomic E-state index is 0.135. The molecule has 4 aromatic rings. The van der Waals surface area contributed by atoms with Gasteiger partial charge in [0.15, 0.2) is 5.13 Å². The van der Waals surface area contributed by atoms with Gasteiger partial charge in [0.25, 0.3) is 5.91 Å². The van der Waals surface area contributed by atoms with Crippen LogP contribution < -0.4 is 15.7 Å². The lowest BCUT2D eigenvalue weighted by atomic mass is 10.2. The quantitative estimate of drug-likeness (QED) is 0.320. The van der Waals surface area contributed by atoms with Crippen molar-refractivity contribution in [3.8, 4) is 0 Å². The van der Waals surface area contributed by atoms with Crippen molar-refractivity contribution < 1.29 is 14.4 Å². The SMILES string of the molecule is CONC(=O)c1cccc(N(C)c2ccc3nc(Nc4cc(CN5CCN(C(C)=O)CC5)ccn4)sc3n2)c1. The number of nitrogens with zero attached hydrogens (tertiary/aromatic N) is 6. The number of hydroxylamine groups is 1. The molecule has 0 bridgehead atoms. The standard InChI is InChI=1S/C27H30N8O3S/c1-18(36)35-13-11-34(12-14-35)17-19-9-10-28-23(15-19)30-27-29-22-7-8-24(31-26(22)39-27)33(2)21-6-4-5-20(16-21)25(37)32-38-3/h4-10,15-16H,11-14,17H2,1-3H3,(H,32,37)(H,28,29,30). The molecule has 2 N–H and O–H groups in total. The molecule has 39 heavy (non-hydrogen) atoms. The molecule has 0 saturated carbocycles. The van der Waals surface area contributed by atoms with Gasteiger partial charge < -0.3 is 15.1 Å². The number of carbonyl (C=O) groups excluding carboxylic acids is 2. The van der Waals surface area contributed by atoms with E-state index >= 15 is 0 Å². The van der Waals surface area contributed by atoms with Crippen LogP contribution in [0.5, 0.6) is 0 Å². The molecule has 1 aromatic carbocycles. The highest BCUT2D eigenvalue weighted by Crippen LogP contribution is 2.30. The highest BCUT2D eigenvalue weighted by atomic mass is 32.1. The van der Waals surface area contributed by atoms with Gasteiger partial charge in [-0.15, -0.1) is 0 Å². The maximum Gasteiger partial charge on any atom is 0.274 e. The average molecular weight is 547 g/mol. The zero-order valence-electron chi connectivity index (χ0n) is 22.0. The molecule has 12 heteroatoms. The Hall–Kier alpha value is -4.13. The Labute approximate surface area is 230 Å². The molecule has 4 heterocycles. The van der Waals surface area contributed by atoms with E-state index in [-0.39, 0.29) is 11.8 Å². The number of benzene rings is 1. The lowest BCUT2D eigenvalue weighted by Crippen LogP contribution is -2.47. The van der Waals surface area contributed by atoms with Gasteiger partial charge in [-0.05, 0) is 48.0 Å². The predicted octanol–water partition coefficient (Wildman–Crippen LogP) is 3.55. The summed E-state index contributed by atoms with van der Waals surface area (Å²) in [6.07, 6.45) is 1.79.